The molecule has 0 heterocycles. The van der Waals surface area contributed by atoms with Gasteiger partial charge in [-0.1, -0.05) is 6.07 Å². The van der Waals surface area contributed by atoms with Crippen LogP contribution in [0.2, 0.25) is 0 Å². The molecule has 1 aromatic carbocycles. The number of amides is 1. The molecule has 0 aromatic heterocycles. The predicted octanol–water partition coefficient (Wildman–Crippen LogP) is 1.29. The number of aliphatic hydroxyl groups excluding tert-OH is 1. The molecule has 1 atom stereocenters. The Morgan fingerprint density at radius 3 is 2.95 bits per heavy atom. The predicted molar refractivity (Wildman–Crippen MR) is 65.8 cm³/mol. The molecule has 0 aliphatic rings. The lowest BCUT2D eigenvalue weighted by Crippen LogP contribution is -2.29. The van der Waals surface area contributed by atoms with Gasteiger partial charge in [-0.25, -0.2) is 4.39 Å². The third-order valence-electron chi connectivity index (χ3n) is 2.36. The lowest BCUT2D eigenvalue weighted by Gasteiger charge is -2.10. The lowest BCUT2D eigenvalue weighted by molar-refractivity contribution is -0.123. The van der Waals surface area contributed by atoms with Crippen LogP contribution in [0.15, 0.2) is 18.2 Å². The van der Waals surface area contributed by atoms with E-state index in [-0.39, 0.29) is 25.3 Å². The number of nitrogens with zero attached hydrogens (tertiary/aromatic N) is 1. The molecule has 0 fully saturated rings. The summed E-state index contributed by atoms with van der Waals surface area (Å²) in [5.41, 5.74) is 0.434. The molecule has 0 unspecified atom stereocenters. The van der Waals surface area contributed by atoms with Crippen LogP contribution in [0.5, 0.6) is 5.75 Å². The number of rotatable bonds is 6. The molecule has 0 saturated heterocycles. The van der Waals surface area contributed by atoms with Crippen molar-refractivity contribution < 1.29 is 19.0 Å². The largest absolute Gasteiger partial charge is 0.481 e. The van der Waals surface area contributed by atoms with Crippen LogP contribution in [0.3, 0.4) is 0 Å². The van der Waals surface area contributed by atoms with Crippen LogP contribution in [0.1, 0.15) is 25.0 Å². The van der Waals surface area contributed by atoms with E-state index in [1.807, 2.05) is 6.07 Å². The van der Waals surface area contributed by atoms with E-state index in [0.29, 0.717) is 5.56 Å². The SMILES string of the molecule is C[C@@H](O)c1ccc(OCC(=O)NCCC#N)c(F)c1. The monoisotopic (exact) mass is 266 g/mol. The molecular weight excluding hydrogens is 251 g/mol. The van der Waals surface area contributed by atoms with E-state index >= 15 is 0 Å². The van der Waals surface area contributed by atoms with E-state index in [0.717, 1.165) is 6.07 Å². The van der Waals surface area contributed by atoms with E-state index in [9.17, 15) is 14.3 Å². The number of hydrogen-bond acceptors (Lipinski definition) is 4. The fourth-order valence-electron chi connectivity index (χ4n) is 1.35. The zero-order valence-electron chi connectivity index (χ0n) is 10.5. The molecule has 19 heavy (non-hydrogen) atoms. The Bertz CT molecular complexity index is 483. The second-order valence-electron chi connectivity index (χ2n) is 3.91. The van der Waals surface area contributed by atoms with Crippen LogP contribution in [-0.2, 0) is 4.79 Å². The van der Waals surface area contributed by atoms with Gasteiger partial charge in [-0.05, 0) is 24.6 Å². The van der Waals surface area contributed by atoms with Crippen molar-refractivity contribution in [3.05, 3.63) is 29.6 Å². The summed E-state index contributed by atoms with van der Waals surface area (Å²) in [6, 6.07) is 5.93. The van der Waals surface area contributed by atoms with Gasteiger partial charge in [-0.15, -0.1) is 0 Å². The van der Waals surface area contributed by atoms with Gasteiger partial charge in [-0.3, -0.25) is 4.79 Å². The number of benzene rings is 1. The minimum Gasteiger partial charge on any atom is -0.481 e. The second kappa shape index (κ2) is 7.34. The molecule has 2 N–H and O–H groups in total. The number of carbonyl (C=O) groups excluding carboxylic acids is 1. The standard InChI is InChI=1S/C13H15FN2O3/c1-9(17)10-3-4-12(11(14)7-10)19-8-13(18)16-6-2-5-15/h3-4,7,9,17H,2,6,8H2,1H3,(H,16,18)/t9-/m1/s1. The normalized spacial score (nSPS) is 11.5. The Morgan fingerprint density at radius 1 is 1.63 bits per heavy atom. The van der Waals surface area contributed by atoms with E-state index < -0.39 is 17.8 Å². The fraction of sp³-hybridized carbons (Fsp3) is 0.385. The van der Waals surface area contributed by atoms with Gasteiger partial charge in [0.2, 0.25) is 0 Å². The van der Waals surface area contributed by atoms with Crippen molar-refractivity contribution >= 4 is 5.91 Å². The highest BCUT2D eigenvalue weighted by Crippen LogP contribution is 2.21. The van der Waals surface area contributed by atoms with Crippen molar-refractivity contribution in [2.24, 2.45) is 0 Å². The minimum absolute atomic E-state index is 0.0557. The summed E-state index contributed by atoms with van der Waals surface area (Å²) in [6.07, 6.45) is -0.554. The Labute approximate surface area is 110 Å². The molecule has 1 aromatic rings. The molecular formula is C13H15FN2O3. The van der Waals surface area contributed by atoms with Gasteiger partial charge in [-0.2, -0.15) is 5.26 Å². The van der Waals surface area contributed by atoms with Crippen molar-refractivity contribution in [3.63, 3.8) is 0 Å². The molecule has 0 radical (unpaired) electrons. The highest BCUT2D eigenvalue weighted by atomic mass is 19.1. The van der Waals surface area contributed by atoms with Crippen molar-refractivity contribution in [2.45, 2.75) is 19.4 Å². The second-order valence-corrected chi connectivity index (χ2v) is 3.91. The molecule has 0 aliphatic carbocycles. The van der Waals surface area contributed by atoms with Gasteiger partial charge in [0.1, 0.15) is 0 Å². The molecule has 0 aliphatic heterocycles. The zero-order chi connectivity index (χ0) is 14.3. The Balaban J connectivity index is 2.50. The Morgan fingerprint density at radius 2 is 2.37 bits per heavy atom. The number of aliphatic hydroxyl groups is 1. The third kappa shape index (κ3) is 4.94. The van der Waals surface area contributed by atoms with Crippen LogP contribution >= 0.6 is 0 Å². The van der Waals surface area contributed by atoms with Gasteiger partial charge in [0.25, 0.3) is 5.91 Å². The first-order valence-corrected chi connectivity index (χ1v) is 5.78. The molecule has 0 bridgehead atoms. The summed E-state index contributed by atoms with van der Waals surface area (Å²) in [5.74, 6) is -1.11. The molecule has 0 saturated carbocycles. The first-order chi connectivity index (χ1) is 9.04. The highest BCUT2D eigenvalue weighted by molar-refractivity contribution is 5.77. The van der Waals surface area contributed by atoms with Gasteiger partial charge >= 0.3 is 0 Å². The van der Waals surface area contributed by atoms with Crippen LogP contribution < -0.4 is 10.1 Å². The maximum absolute atomic E-state index is 13.6. The highest BCUT2D eigenvalue weighted by Gasteiger charge is 2.09. The van der Waals surface area contributed by atoms with Gasteiger partial charge in [0.15, 0.2) is 18.2 Å². The fourth-order valence-corrected chi connectivity index (χ4v) is 1.35. The first-order valence-electron chi connectivity index (χ1n) is 5.78. The first kappa shape index (κ1) is 14.9. The summed E-state index contributed by atoms with van der Waals surface area (Å²) in [6.45, 7) is 1.44. The molecule has 5 nitrogen and oxygen atoms in total. The average Bonchev–Trinajstić information content (AvgIpc) is 2.37. The maximum atomic E-state index is 13.6. The topological polar surface area (TPSA) is 82.3 Å². The zero-order valence-corrected chi connectivity index (χ0v) is 10.5. The maximum Gasteiger partial charge on any atom is 0.257 e. The van der Waals surface area contributed by atoms with Gasteiger partial charge in [0, 0.05) is 6.54 Å². The minimum atomic E-state index is -0.766. The Kier molecular flexibility index (Phi) is 5.76. The van der Waals surface area contributed by atoms with Gasteiger partial charge < -0.3 is 15.2 Å². The lowest BCUT2D eigenvalue weighted by atomic mass is 10.1. The van der Waals surface area contributed by atoms with Crippen molar-refractivity contribution in [3.8, 4) is 11.8 Å². The van der Waals surface area contributed by atoms with Crippen LogP contribution in [0.25, 0.3) is 0 Å². The van der Waals surface area contributed by atoms with Crippen molar-refractivity contribution in [2.75, 3.05) is 13.2 Å². The molecule has 1 rings (SSSR count). The summed E-state index contributed by atoms with van der Waals surface area (Å²) >= 11 is 0. The summed E-state index contributed by atoms with van der Waals surface area (Å²) in [7, 11) is 0. The number of nitrogens with one attached hydrogen (secondary N) is 1. The van der Waals surface area contributed by atoms with Crippen LogP contribution in [-0.4, -0.2) is 24.2 Å². The summed E-state index contributed by atoms with van der Waals surface area (Å²) in [5, 5.41) is 20.0. The summed E-state index contributed by atoms with van der Waals surface area (Å²) in [4.78, 5) is 11.3. The van der Waals surface area contributed by atoms with Crippen molar-refractivity contribution in [1.29, 1.82) is 5.26 Å². The van der Waals surface area contributed by atoms with E-state index in [2.05, 4.69) is 5.32 Å². The smallest absolute Gasteiger partial charge is 0.257 e. The average molecular weight is 266 g/mol. The van der Waals surface area contributed by atoms with Crippen LogP contribution in [0, 0.1) is 17.1 Å². The van der Waals surface area contributed by atoms with E-state index in [1.54, 1.807) is 0 Å². The number of hydrogen-bond donors (Lipinski definition) is 2. The quantitative estimate of drug-likeness (QED) is 0.760. The van der Waals surface area contributed by atoms with Gasteiger partial charge in [0.05, 0.1) is 18.6 Å². The molecule has 6 heteroatoms. The number of carbonyl (C=O) groups is 1. The van der Waals surface area contributed by atoms with E-state index in [1.165, 1.54) is 19.1 Å². The summed E-state index contributed by atoms with van der Waals surface area (Å²) < 4.78 is 18.6. The van der Waals surface area contributed by atoms with Crippen LogP contribution in [0.4, 0.5) is 4.39 Å². The Hall–Kier alpha value is -2.13. The number of ether oxygens (including phenoxy) is 1. The molecule has 0 spiro atoms. The van der Waals surface area contributed by atoms with Crippen molar-refractivity contribution in [1.82, 2.24) is 5.32 Å². The van der Waals surface area contributed by atoms with E-state index in [4.69, 9.17) is 10.00 Å². The molecule has 1 amide bonds. The third-order valence-corrected chi connectivity index (χ3v) is 2.36. The number of nitriles is 1. The number of halogens is 1. The molecule has 102 valence electrons.